The fourth-order valence-electron chi connectivity index (χ4n) is 1.93. The number of nitrogens with one attached hydrogen (secondary N) is 1. The van der Waals surface area contributed by atoms with Crippen LogP contribution in [-0.4, -0.2) is 48.2 Å². The number of carboxylic acids is 1. The standard InChI is InChI=1S/C15H22N2O5S/c1-6-22-14(20)11-9(3)10(4)23-12(11)16-15(21)17(5)7-8(2)13(18)19/h8H,6-7H2,1-5H3,(H,16,21)(H,18,19). The fraction of sp³-hybridized carbons (Fsp3) is 0.533. The van der Waals surface area contributed by atoms with Gasteiger partial charge in [-0.2, -0.15) is 0 Å². The van der Waals surface area contributed by atoms with Gasteiger partial charge in [-0.15, -0.1) is 11.3 Å². The summed E-state index contributed by atoms with van der Waals surface area (Å²) in [6, 6.07) is -0.468. The first-order valence-corrected chi connectivity index (χ1v) is 8.02. The number of nitrogens with zero attached hydrogens (tertiary/aromatic N) is 1. The van der Waals surface area contributed by atoms with Crippen molar-refractivity contribution in [2.45, 2.75) is 27.7 Å². The monoisotopic (exact) mass is 342 g/mol. The minimum Gasteiger partial charge on any atom is -0.481 e. The summed E-state index contributed by atoms with van der Waals surface area (Å²) in [7, 11) is 1.51. The summed E-state index contributed by atoms with van der Waals surface area (Å²) >= 11 is 1.29. The largest absolute Gasteiger partial charge is 0.481 e. The quantitative estimate of drug-likeness (QED) is 0.775. The van der Waals surface area contributed by atoms with E-state index < -0.39 is 23.9 Å². The molecule has 1 atom stereocenters. The van der Waals surface area contributed by atoms with Crippen LogP contribution in [-0.2, 0) is 9.53 Å². The zero-order chi connectivity index (χ0) is 17.7. The highest BCUT2D eigenvalue weighted by Crippen LogP contribution is 2.33. The predicted molar refractivity (Wildman–Crippen MR) is 88.2 cm³/mol. The van der Waals surface area contributed by atoms with Gasteiger partial charge in [-0.25, -0.2) is 9.59 Å². The lowest BCUT2D eigenvalue weighted by molar-refractivity contribution is -0.141. The fourth-order valence-corrected chi connectivity index (χ4v) is 2.97. The first-order chi connectivity index (χ1) is 10.7. The van der Waals surface area contributed by atoms with E-state index in [9.17, 15) is 14.4 Å². The van der Waals surface area contributed by atoms with E-state index in [0.717, 1.165) is 10.4 Å². The molecule has 2 amide bonds. The van der Waals surface area contributed by atoms with Gasteiger partial charge in [0.05, 0.1) is 18.1 Å². The Hall–Kier alpha value is -2.09. The van der Waals surface area contributed by atoms with Gasteiger partial charge in [0.25, 0.3) is 0 Å². The second kappa shape index (κ2) is 7.96. The van der Waals surface area contributed by atoms with E-state index in [2.05, 4.69) is 5.32 Å². The van der Waals surface area contributed by atoms with Crippen molar-refractivity contribution in [2.75, 3.05) is 25.5 Å². The van der Waals surface area contributed by atoms with Gasteiger partial charge in [-0.1, -0.05) is 6.92 Å². The normalized spacial score (nSPS) is 11.7. The highest BCUT2D eigenvalue weighted by Gasteiger charge is 2.24. The number of carbonyl (C=O) groups excluding carboxylic acids is 2. The first kappa shape index (κ1) is 19.0. The summed E-state index contributed by atoms with van der Waals surface area (Å²) in [5, 5.41) is 12.0. The SMILES string of the molecule is CCOC(=O)c1c(NC(=O)N(C)CC(C)C(=O)O)sc(C)c1C. The molecule has 0 aromatic carbocycles. The van der Waals surface area contributed by atoms with Gasteiger partial charge in [-0.05, 0) is 26.3 Å². The minimum atomic E-state index is -0.973. The lowest BCUT2D eigenvalue weighted by Gasteiger charge is -2.19. The van der Waals surface area contributed by atoms with Gasteiger partial charge in [-0.3, -0.25) is 10.1 Å². The molecule has 0 saturated heterocycles. The lowest BCUT2D eigenvalue weighted by atomic mass is 10.1. The van der Waals surface area contributed by atoms with Crippen molar-refractivity contribution in [3.63, 3.8) is 0 Å². The summed E-state index contributed by atoms with van der Waals surface area (Å²) in [5.41, 5.74) is 1.12. The van der Waals surface area contributed by atoms with Crippen LogP contribution in [0, 0.1) is 19.8 Å². The van der Waals surface area contributed by atoms with Crippen LogP contribution in [0.1, 0.15) is 34.6 Å². The van der Waals surface area contributed by atoms with E-state index in [-0.39, 0.29) is 13.2 Å². The molecule has 0 fully saturated rings. The summed E-state index contributed by atoms with van der Waals surface area (Å²) in [5.74, 6) is -2.13. The highest BCUT2D eigenvalue weighted by molar-refractivity contribution is 7.16. The number of urea groups is 1. The van der Waals surface area contributed by atoms with Crippen molar-refractivity contribution in [3.8, 4) is 0 Å². The number of hydrogen-bond donors (Lipinski definition) is 2. The van der Waals surface area contributed by atoms with E-state index in [0.29, 0.717) is 10.6 Å². The van der Waals surface area contributed by atoms with Crippen molar-refractivity contribution in [1.29, 1.82) is 0 Å². The van der Waals surface area contributed by atoms with E-state index in [1.165, 1.54) is 30.2 Å². The zero-order valence-corrected chi connectivity index (χ0v) is 14.7. The Kier molecular flexibility index (Phi) is 6.56. The Bertz CT molecular complexity index is 611. The number of aliphatic carboxylic acids is 1. The Balaban J connectivity index is 2.92. The van der Waals surface area contributed by atoms with Crippen LogP contribution < -0.4 is 5.32 Å². The molecular formula is C15H22N2O5S. The summed E-state index contributed by atoms with van der Waals surface area (Å²) in [6.45, 7) is 7.20. The molecule has 7 nitrogen and oxygen atoms in total. The maximum atomic E-state index is 12.2. The molecule has 1 rings (SSSR count). The first-order valence-electron chi connectivity index (χ1n) is 7.21. The zero-order valence-electron chi connectivity index (χ0n) is 13.9. The van der Waals surface area contributed by atoms with Gasteiger partial charge in [0.2, 0.25) is 0 Å². The molecule has 128 valence electrons. The van der Waals surface area contributed by atoms with Crippen molar-refractivity contribution in [1.82, 2.24) is 4.90 Å². The Labute approximate surface area is 139 Å². The molecule has 0 radical (unpaired) electrons. The summed E-state index contributed by atoms with van der Waals surface area (Å²) < 4.78 is 5.03. The molecule has 1 heterocycles. The topological polar surface area (TPSA) is 95.9 Å². The highest BCUT2D eigenvalue weighted by atomic mass is 32.1. The maximum Gasteiger partial charge on any atom is 0.341 e. The molecule has 0 bridgehead atoms. The number of anilines is 1. The van der Waals surface area contributed by atoms with Gasteiger partial charge < -0.3 is 14.7 Å². The Morgan fingerprint density at radius 2 is 1.96 bits per heavy atom. The average molecular weight is 342 g/mol. The number of carbonyl (C=O) groups is 3. The van der Waals surface area contributed by atoms with Crippen LogP contribution in [0.3, 0.4) is 0 Å². The molecule has 1 aromatic rings. The number of ether oxygens (including phenoxy) is 1. The number of esters is 1. The van der Waals surface area contributed by atoms with Crippen molar-refractivity contribution in [2.24, 2.45) is 5.92 Å². The molecule has 0 aliphatic carbocycles. The molecular weight excluding hydrogens is 320 g/mol. The molecule has 1 unspecified atom stereocenters. The van der Waals surface area contributed by atoms with Crippen LogP contribution >= 0.6 is 11.3 Å². The van der Waals surface area contributed by atoms with E-state index in [4.69, 9.17) is 9.84 Å². The molecule has 0 saturated carbocycles. The predicted octanol–water partition coefficient (Wildman–Crippen LogP) is 2.73. The van der Waals surface area contributed by atoms with Gasteiger partial charge in [0, 0.05) is 18.5 Å². The van der Waals surface area contributed by atoms with Crippen LogP contribution in [0.2, 0.25) is 0 Å². The van der Waals surface area contributed by atoms with Crippen LogP contribution in [0.4, 0.5) is 9.80 Å². The van der Waals surface area contributed by atoms with Crippen molar-refractivity contribution < 1.29 is 24.2 Å². The number of amides is 2. The molecule has 1 aromatic heterocycles. The van der Waals surface area contributed by atoms with Gasteiger partial charge in [0.1, 0.15) is 5.00 Å². The van der Waals surface area contributed by atoms with Gasteiger partial charge in [0.15, 0.2) is 0 Å². The van der Waals surface area contributed by atoms with Gasteiger partial charge >= 0.3 is 18.0 Å². The smallest absolute Gasteiger partial charge is 0.341 e. The maximum absolute atomic E-state index is 12.2. The number of rotatable bonds is 6. The lowest BCUT2D eigenvalue weighted by Crippen LogP contribution is -2.36. The second-order valence-corrected chi connectivity index (χ2v) is 6.48. The van der Waals surface area contributed by atoms with E-state index in [1.54, 1.807) is 13.8 Å². The molecule has 0 spiro atoms. The third-order valence-corrected chi connectivity index (χ3v) is 4.52. The number of aryl methyl sites for hydroxylation is 1. The number of hydrogen-bond acceptors (Lipinski definition) is 5. The number of carboxylic acid groups (broad SMARTS) is 1. The van der Waals surface area contributed by atoms with E-state index in [1.807, 2.05) is 6.92 Å². The summed E-state index contributed by atoms with van der Waals surface area (Å²) in [6.07, 6.45) is 0. The Morgan fingerprint density at radius 1 is 1.35 bits per heavy atom. The minimum absolute atomic E-state index is 0.0687. The third-order valence-electron chi connectivity index (χ3n) is 3.40. The van der Waals surface area contributed by atoms with Crippen molar-refractivity contribution >= 4 is 34.3 Å². The molecule has 2 N–H and O–H groups in total. The molecule has 0 aliphatic rings. The third kappa shape index (κ3) is 4.69. The Morgan fingerprint density at radius 3 is 2.48 bits per heavy atom. The average Bonchev–Trinajstić information content (AvgIpc) is 2.73. The number of thiophene rings is 1. The van der Waals surface area contributed by atoms with E-state index >= 15 is 0 Å². The van der Waals surface area contributed by atoms with Crippen LogP contribution in [0.15, 0.2) is 0 Å². The molecule has 23 heavy (non-hydrogen) atoms. The summed E-state index contributed by atoms with van der Waals surface area (Å²) in [4.78, 5) is 37.3. The van der Waals surface area contributed by atoms with Crippen molar-refractivity contribution in [3.05, 3.63) is 16.0 Å². The molecule has 8 heteroatoms. The second-order valence-electron chi connectivity index (χ2n) is 5.26. The van der Waals surface area contributed by atoms with Crippen LogP contribution in [0.25, 0.3) is 0 Å². The molecule has 0 aliphatic heterocycles. The van der Waals surface area contributed by atoms with Crippen LogP contribution in [0.5, 0.6) is 0 Å².